The fourth-order valence-corrected chi connectivity index (χ4v) is 1.53. The lowest BCUT2D eigenvalue weighted by Crippen LogP contribution is -2.28. The first-order valence-electron chi connectivity index (χ1n) is 5.58. The van der Waals surface area contributed by atoms with Gasteiger partial charge in [0.1, 0.15) is 5.82 Å². The maximum absolute atomic E-state index is 13.1. The molecule has 16 heavy (non-hydrogen) atoms. The smallest absolute Gasteiger partial charge is 0.253 e. The van der Waals surface area contributed by atoms with Crippen molar-refractivity contribution in [3.63, 3.8) is 0 Å². The highest BCUT2D eigenvalue weighted by molar-refractivity contribution is 5.95. The van der Waals surface area contributed by atoms with E-state index in [0.29, 0.717) is 12.1 Å². The number of rotatable bonds is 4. The van der Waals surface area contributed by atoms with Crippen LogP contribution in [-0.2, 0) is 0 Å². The van der Waals surface area contributed by atoms with Crippen molar-refractivity contribution in [3.8, 4) is 0 Å². The molecule has 0 fully saturated rings. The van der Waals surface area contributed by atoms with Crippen LogP contribution in [0.15, 0.2) is 18.2 Å². The molecule has 0 bridgehead atoms. The number of halogens is 1. The number of amides is 1. The molecule has 0 spiro atoms. The first-order valence-corrected chi connectivity index (χ1v) is 5.58. The molecule has 0 aromatic heterocycles. The minimum absolute atomic E-state index is 0.106. The number of hydrogen-bond acceptors (Lipinski definition) is 1. The summed E-state index contributed by atoms with van der Waals surface area (Å²) in [6.07, 6.45) is 2.01. The van der Waals surface area contributed by atoms with Crippen LogP contribution in [-0.4, -0.2) is 24.4 Å². The molecule has 2 nitrogen and oxygen atoms in total. The number of hydrogen-bond donors (Lipinski definition) is 0. The van der Waals surface area contributed by atoms with Crippen LogP contribution in [0.4, 0.5) is 4.39 Å². The quantitative estimate of drug-likeness (QED) is 0.768. The Balaban J connectivity index is 2.83. The van der Waals surface area contributed by atoms with Gasteiger partial charge in [0.2, 0.25) is 0 Å². The molecule has 1 aromatic carbocycles. The van der Waals surface area contributed by atoms with E-state index >= 15 is 0 Å². The molecule has 0 saturated heterocycles. The summed E-state index contributed by atoms with van der Waals surface area (Å²) in [7, 11) is 1.75. The Morgan fingerprint density at radius 2 is 2.12 bits per heavy atom. The zero-order valence-electron chi connectivity index (χ0n) is 10.1. The van der Waals surface area contributed by atoms with Crippen molar-refractivity contribution in [2.24, 2.45) is 0 Å². The molecular weight excluding hydrogens is 205 g/mol. The summed E-state index contributed by atoms with van der Waals surface area (Å²) in [4.78, 5) is 13.6. The lowest BCUT2D eigenvalue weighted by molar-refractivity contribution is 0.0792. The summed E-state index contributed by atoms with van der Waals surface area (Å²) in [6, 6.07) is 4.31. The molecule has 1 rings (SSSR count). The van der Waals surface area contributed by atoms with E-state index in [9.17, 15) is 9.18 Å². The molecule has 0 aliphatic rings. The van der Waals surface area contributed by atoms with E-state index in [1.54, 1.807) is 18.0 Å². The topological polar surface area (TPSA) is 20.3 Å². The first-order chi connectivity index (χ1) is 7.56. The average Bonchev–Trinajstić information content (AvgIpc) is 2.28. The fourth-order valence-electron chi connectivity index (χ4n) is 1.53. The zero-order valence-corrected chi connectivity index (χ0v) is 10.1. The summed E-state index contributed by atoms with van der Waals surface area (Å²) in [5.41, 5.74) is 1.27. The van der Waals surface area contributed by atoms with E-state index in [1.807, 2.05) is 6.92 Å². The maximum atomic E-state index is 13.1. The van der Waals surface area contributed by atoms with Gasteiger partial charge in [0, 0.05) is 19.2 Å². The third-order valence-corrected chi connectivity index (χ3v) is 2.62. The highest BCUT2D eigenvalue weighted by Crippen LogP contribution is 2.12. The van der Waals surface area contributed by atoms with Gasteiger partial charge in [-0.05, 0) is 31.0 Å². The lowest BCUT2D eigenvalue weighted by Gasteiger charge is -2.17. The summed E-state index contributed by atoms with van der Waals surface area (Å²) in [5, 5.41) is 0. The molecule has 0 unspecified atom stereocenters. The highest BCUT2D eigenvalue weighted by atomic mass is 19.1. The Kier molecular flexibility index (Phi) is 4.47. The number of aryl methyl sites for hydroxylation is 1. The second-order valence-corrected chi connectivity index (χ2v) is 4.04. The molecule has 0 atom stereocenters. The first kappa shape index (κ1) is 12.7. The van der Waals surface area contributed by atoms with E-state index in [4.69, 9.17) is 0 Å². The summed E-state index contributed by atoms with van der Waals surface area (Å²) in [5.74, 6) is -0.469. The van der Waals surface area contributed by atoms with Crippen molar-refractivity contribution in [2.75, 3.05) is 13.6 Å². The Bertz CT molecular complexity index is 376. The van der Waals surface area contributed by atoms with E-state index in [0.717, 1.165) is 18.4 Å². The van der Waals surface area contributed by atoms with Crippen LogP contribution in [0.25, 0.3) is 0 Å². The molecule has 0 aliphatic heterocycles. The molecule has 0 N–H and O–H groups in total. The SMILES string of the molecule is CCCCN(C)C(=O)c1cc(F)ccc1C. The Morgan fingerprint density at radius 1 is 1.44 bits per heavy atom. The van der Waals surface area contributed by atoms with Crippen LogP contribution < -0.4 is 0 Å². The molecular formula is C13H18FNO. The zero-order chi connectivity index (χ0) is 12.1. The van der Waals surface area contributed by atoms with Gasteiger partial charge < -0.3 is 4.90 Å². The second kappa shape index (κ2) is 5.64. The minimum Gasteiger partial charge on any atom is -0.342 e. The van der Waals surface area contributed by atoms with Gasteiger partial charge >= 0.3 is 0 Å². The van der Waals surface area contributed by atoms with Crippen molar-refractivity contribution in [3.05, 3.63) is 35.1 Å². The normalized spacial score (nSPS) is 10.2. The lowest BCUT2D eigenvalue weighted by atomic mass is 10.1. The van der Waals surface area contributed by atoms with E-state index in [2.05, 4.69) is 6.92 Å². The van der Waals surface area contributed by atoms with Gasteiger partial charge in [-0.3, -0.25) is 4.79 Å². The van der Waals surface area contributed by atoms with Crippen molar-refractivity contribution in [2.45, 2.75) is 26.7 Å². The van der Waals surface area contributed by atoms with Crippen molar-refractivity contribution >= 4 is 5.91 Å². The summed E-state index contributed by atoms with van der Waals surface area (Å²) in [6.45, 7) is 4.61. The monoisotopic (exact) mass is 223 g/mol. The summed E-state index contributed by atoms with van der Waals surface area (Å²) < 4.78 is 13.1. The highest BCUT2D eigenvalue weighted by Gasteiger charge is 2.14. The number of carbonyl (C=O) groups is 1. The summed E-state index contributed by atoms with van der Waals surface area (Å²) >= 11 is 0. The van der Waals surface area contributed by atoms with E-state index in [-0.39, 0.29) is 11.7 Å². The predicted molar refractivity (Wildman–Crippen MR) is 63.0 cm³/mol. The van der Waals surface area contributed by atoms with Crippen LogP contribution in [0.1, 0.15) is 35.7 Å². The van der Waals surface area contributed by atoms with Crippen LogP contribution in [0, 0.1) is 12.7 Å². The molecule has 3 heteroatoms. The second-order valence-electron chi connectivity index (χ2n) is 4.04. The minimum atomic E-state index is -0.363. The van der Waals surface area contributed by atoms with Gasteiger partial charge in [-0.2, -0.15) is 0 Å². The predicted octanol–water partition coefficient (Wildman–Crippen LogP) is 3.01. The largest absolute Gasteiger partial charge is 0.342 e. The van der Waals surface area contributed by atoms with Crippen LogP contribution in [0.2, 0.25) is 0 Å². The number of unbranched alkanes of at least 4 members (excludes halogenated alkanes) is 1. The van der Waals surface area contributed by atoms with E-state index in [1.165, 1.54) is 12.1 Å². The van der Waals surface area contributed by atoms with Crippen LogP contribution in [0.3, 0.4) is 0 Å². The van der Waals surface area contributed by atoms with Crippen molar-refractivity contribution in [1.29, 1.82) is 0 Å². The van der Waals surface area contributed by atoms with Gasteiger partial charge in [-0.15, -0.1) is 0 Å². The third-order valence-electron chi connectivity index (χ3n) is 2.62. The van der Waals surface area contributed by atoms with Gasteiger partial charge in [0.05, 0.1) is 0 Å². The van der Waals surface area contributed by atoms with Crippen molar-refractivity contribution in [1.82, 2.24) is 4.90 Å². The number of benzene rings is 1. The Labute approximate surface area is 96.1 Å². The fraction of sp³-hybridized carbons (Fsp3) is 0.462. The molecule has 0 aliphatic carbocycles. The van der Waals surface area contributed by atoms with Crippen LogP contribution in [0.5, 0.6) is 0 Å². The van der Waals surface area contributed by atoms with Gasteiger partial charge in [0.15, 0.2) is 0 Å². The molecule has 0 saturated carbocycles. The van der Waals surface area contributed by atoms with Gasteiger partial charge in [-0.25, -0.2) is 4.39 Å². The Morgan fingerprint density at radius 3 is 2.75 bits per heavy atom. The number of nitrogens with zero attached hydrogens (tertiary/aromatic N) is 1. The average molecular weight is 223 g/mol. The Hall–Kier alpha value is -1.38. The molecule has 0 heterocycles. The standard InChI is InChI=1S/C13H18FNO/c1-4-5-8-15(3)13(16)12-9-11(14)7-6-10(12)2/h6-7,9H,4-5,8H2,1-3H3. The van der Waals surface area contributed by atoms with Crippen molar-refractivity contribution < 1.29 is 9.18 Å². The molecule has 1 amide bonds. The van der Waals surface area contributed by atoms with Gasteiger partial charge in [0.25, 0.3) is 5.91 Å². The number of carbonyl (C=O) groups excluding carboxylic acids is 1. The molecule has 88 valence electrons. The van der Waals surface area contributed by atoms with Crippen LogP contribution >= 0.6 is 0 Å². The van der Waals surface area contributed by atoms with Gasteiger partial charge in [-0.1, -0.05) is 19.4 Å². The molecule has 1 aromatic rings. The maximum Gasteiger partial charge on any atom is 0.253 e. The third kappa shape index (κ3) is 3.05. The van der Waals surface area contributed by atoms with E-state index < -0.39 is 0 Å². The molecule has 0 radical (unpaired) electrons.